The van der Waals surface area contributed by atoms with E-state index in [9.17, 15) is 5.11 Å². The summed E-state index contributed by atoms with van der Waals surface area (Å²) in [6, 6.07) is 4.22. The molecule has 0 bridgehead atoms. The van der Waals surface area contributed by atoms with Crippen LogP contribution in [0.15, 0.2) is 17.5 Å². The summed E-state index contributed by atoms with van der Waals surface area (Å²) in [5, 5.41) is 15.4. The number of rotatable bonds is 4. The van der Waals surface area contributed by atoms with E-state index in [0.29, 0.717) is 5.41 Å². The Hall–Kier alpha value is -0.0300. The Labute approximate surface area is 112 Å². The van der Waals surface area contributed by atoms with Gasteiger partial charge in [-0.05, 0) is 29.0 Å². The highest BCUT2D eigenvalue weighted by Gasteiger charge is 2.39. The number of nitrogens with one attached hydrogen (secondary N) is 1. The molecule has 0 aliphatic carbocycles. The van der Waals surface area contributed by atoms with Crippen molar-refractivity contribution in [3.8, 4) is 0 Å². The van der Waals surface area contributed by atoms with Gasteiger partial charge in [0.15, 0.2) is 0 Å². The van der Waals surface area contributed by atoms with Gasteiger partial charge in [-0.3, -0.25) is 0 Å². The summed E-state index contributed by atoms with van der Waals surface area (Å²) < 4.78 is 0. The van der Waals surface area contributed by atoms with Crippen molar-refractivity contribution in [1.29, 1.82) is 0 Å². The first-order chi connectivity index (χ1) is 8.05. The van der Waals surface area contributed by atoms with Crippen molar-refractivity contribution in [3.63, 3.8) is 0 Å². The molecule has 0 amide bonds. The van der Waals surface area contributed by atoms with E-state index in [1.807, 2.05) is 11.8 Å². The lowest BCUT2D eigenvalue weighted by atomic mass is 9.80. The maximum absolute atomic E-state index is 9.73. The topological polar surface area (TPSA) is 32.3 Å². The predicted octanol–water partition coefficient (Wildman–Crippen LogP) is 2.73. The van der Waals surface area contributed by atoms with Gasteiger partial charge in [-0.15, -0.1) is 11.3 Å². The fraction of sp³-hybridized carbons (Fsp3) is 0.692. The highest BCUT2D eigenvalue weighted by molar-refractivity contribution is 7.99. The van der Waals surface area contributed by atoms with Gasteiger partial charge in [0.2, 0.25) is 0 Å². The van der Waals surface area contributed by atoms with Crippen molar-refractivity contribution >= 4 is 23.1 Å². The van der Waals surface area contributed by atoms with Gasteiger partial charge in [0.05, 0.1) is 12.1 Å². The monoisotopic (exact) mass is 271 g/mol. The Balaban J connectivity index is 1.99. The first-order valence-corrected chi connectivity index (χ1v) is 8.05. The lowest BCUT2D eigenvalue weighted by Crippen LogP contribution is -2.55. The molecule has 1 aliphatic rings. The molecule has 17 heavy (non-hydrogen) atoms. The Bertz CT molecular complexity index is 350. The number of aliphatic hydroxyl groups is 1. The Morgan fingerprint density at radius 2 is 2.24 bits per heavy atom. The molecule has 4 heteroatoms. The third-order valence-electron chi connectivity index (χ3n) is 3.21. The van der Waals surface area contributed by atoms with E-state index in [0.717, 1.165) is 18.7 Å². The summed E-state index contributed by atoms with van der Waals surface area (Å²) in [7, 11) is 0. The van der Waals surface area contributed by atoms with Crippen LogP contribution in [0.3, 0.4) is 0 Å². The Kier molecular flexibility index (Phi) is 4.18. The van der Waals surface area contributed by atoms with E-state index in [-0.39, 0.29) is 12.1 Å². The van der Waals surface area contributed by atoms with Crippen LogP contribution in [0.4, 0.5) is 0 Å². The van der Waals surface area contributed by atoms with Crippen molar-refractivity contribution in [3.05, 3.63) is 22.4 Å². The van der Waals surface area contributed by atoms with E-state index < -0.39 is 0 Å². The predicted molar refractivity (Wildman–Crippen MR) is 76.7 cm³/mol. The molecule has 1 aromatic heterocycles. The van der Waals surface area contributed by atoms with Crippen molar-refractivity contribution in [2.75, 3.05) is 18.1 Å². The van der Waals surface area contributed by atoms with Crippen LogP contribution in [0.25, 0.3) is 0 Å². The first-order valence-electron chi connectivity index (χ1n) is 6.01. The van der Waals surface area contributed by atoms with Crippen LogP contribution in [-0.2, 0) is 6.54 Å². The van der Waals surface area contributed by atoms with Crippen LogP contribution in [0.5, 0.6) is 0 Å². The molecule has 1 aliphatic heterocycles. The number of hydrogen-bond donors (Lipinski definition) is 2. The number of aliphatic hydroxyl groups excluding tert-OH is 1. The van der Waals surface area contributed by atoms with Gasteiger partial charge in [-0.25, -0.2) is 0 Å². The lowest BCUT2D eigenvalue weighted by molar-refractivity contribution is 0.126. The molecule has 1 unspecified atom stereocenters. The second kappa shape index (κ2) is 5.31. The van der Waals surface area contributed by atoms with Crippen LogP contribution in [0.1, 0.15) is 25.1 Å². The van der Waals surface area contributed by atoms with Gasteiger partial charge < -0.3 is 10.4 Å². The van der Waals surface area contributed by atoms with Gasteiger partial charge in [0.1, 0.15) is 0 Å². The normalized spacial score (nSPS) is 28.2. The molecule has 2 heterocycles. The van der Waals surface area contributed by atoms with Crippen LogP contribution < -0.4 is 5.32 Å². The number of thioether (sulfide) groups is 1. The Morgan fingerprint density at radius 1 is 1.41 bits per heavy atom. The largest absolute Gasteiger partial charge is 0.394 e. The van der Waals surface area contributed by atoms with Crippen molar-refractivity contribution in [2.24, 2.45) is 5.41 Å². The minimum absolute atomic E-state index is 0.101. The minimum atomic E-state index is -0.101. The summed E-state index contributed by atoms with van der Waals surface area (Å²) in [5.41, 5.74) is 0.213. The van der Waals surface area contributed by atoms with Gasteiger partial charge in [-0.2, -0.15) is 11.8 Å². The van der Waals surface area contributed by atoms with Gasteiger partial charge in [0.25, 0.3) is 0 Å². The van der Waals surface area contributed by atoms with Crippen LogP contribution in [0, 0.1) is 5.41 Å². The van der Waals surface area contributed by atoms with Crippen molar-refractivity contribution in [1.82, 2.24) is 5.32 Å². The van der Waals surface area contributed by atoms with E-state index >= 15 is 0 Å². The quantitative estimate of drug-likeness (QED) is 0.883. The molecular formula is C13H21NOS2. The molecule has 0 spiro atoms. The van der Waals surface area contributed by atoms with Crippen molar-refractivity contribution < 1.29 is 5.11 Å². The summed E-state index contributed by atoms with van der Waals surface area (Å²) >= 11 is 3.72. The molecule has 1 fully saturated rings. The van der Waals surface area contributed by atoms with Crippen molar-refractivity contribution in [2.45, 2.75) is 32.4 Å². The third kappa shape index (κ3) is 3.47. The van der Waals surface area contributed by atoms with Gasteiger partial charge in [0, 0.05) is 17.2 Å². The van der Waals surface area contributed by atoms with E-state index in [1.165, 1.54) is 10.6 Å². The van der Waals surface area contributed by atoms with Crippen LogP contribution in [0.2, 0.25) is 0 Å². The zero-order valence-corrected chi connectivity index (χ0v) is 12.2. The number of thiophene rings is 1. The van der Waals surface area contributed by atoms with Crippen LogP contribution >= 0.6 is 23.1 Å². The second-order valence-corrected chi connectivity index (χ2v) is 7.72. The van der Waals surface area contributed by atoms with Crippen LogP contribution in [-0.4, -0.2) is 28.8 Å². The van der Waals surface area contributed by atoms with E-state index in [1.54, 1.807) is 11.3 Å². The zero-order chi connectivity index (χ0) is 12.4. The molecule has 1 atom stereocenters. The average molecular weight is 271 g/mol. The van der Waals surface area contributed by atoms with Gasteiger partial charge >= 0.3 is 0 Å². The number of hydrogen-bond acceptors (Lipinski definition) is 4. The van der Waals surface area contributed by atoms with Gasteiger partial charge in [-0.1, -0.05) is 19.9 Å². The maximum Gasteiger partial charge on any atom is 0.0621 e. The summed E-state index contributed by atoms with van der Waals surface area (Å²) in [6.07, 6.45) is 1.05. The zero-order valence-electron chi connectivity index (χ0n) is 10.5. The average Bonchev–Trinajstić information content (AvgIpc) is 2.78. The minimum Gasteiger partial charge on any atom is -0.394 e. The highest BCUT2D eigenvalue weighted by atomic mass is 32.2. The smallest absolute Gasteiger partial charge is 0.0621 e. The first kappa shape index (κ1) is 13.4. The summed E-state index contributed by atoms with van der Waals surface area (Å²) in [6.45, 7) is 5.68. The second-order valence-electron chi connectivity index (χ2n) is 5.71. The third-order valence-corrected chi connectivity index (χ3v) is 5.83. The maximum atomic E-state index is 9.73. The molecular weight excluding hydrogens is 250 g/mol. The fourth-order valence-electron chi connectivity index (χ4n) is 2.50. The summed E-state index contributed by atoms with van der Waals surface area (Å²) in [4.78, 5) is 1.34. The van der Waals surface area contributed by atoms with E-state index in [4.69, 9.17) is 0 Å². The molecule has 2 nitrogen and oxygen atoms in total. The molecule has 96 valence electrons. The molecule has 2 N–H and O–H groups in total. The molecule has 0 aromatic carbocycles. The SMILES string of the molecule is CC1(C)CSCC(CO)(NCc2cccs2)C1. The molecule has 2 rings (SSSR count). The summed E-state index contributed by atoms with van der Waals surface area (Å²) in [5.74, 6) is 2.20. The Morgan fingerprint density at radius 3 is 2.82 bits per heavy atom. The standard InChI is InChI=1S/C13H21NOS2/c1-12(2)7-13(8-15,10-16-9-12)14-6-11-4-3-5-17-11/h3-5,14-15H,6-10H2,1-2H3. The molecule has 1 aromatic rings. The van der Waals surface area contributed by atoms with E-state index in [2.05, 4.69) is 36.7 Å². The lowest BCUT2D eigenvalue weighted by Gasteiger charge is -2.44. The fourth-order valence-corrected chi connectivity index (χ4v) is 4.59. The molecule has 0 radical (unpaired) electrons. The molecule has 1 saturated heterocycles. The highest BCUT2D eigenvalue weighted by Crippen LogP contribution is 2.39. The molecule has 0 saturated carbocycles.